The maximum atomic E-state index is 9.30. The van der Waals surface area contributed by atoms with Crippen LogP contribution >= 0.6 is 0 Å². The Labute approximate surface area is 84.5 Å². The minimum atomic E-state index is -0.157. The number of rotatable bonds is 3. The molecule has 0 aliphatic heterocycles. The average Bonchev–Trinajstić information content (AvgIpc) is 2.25. The van der Waals surface area contributed by atoms with Gasteiger partial charge in [0.1, 0.15) is 0 Å². The van der Waals surface area contributed by atoms with Crippen LogP contribution in [0.25, 0.3) is 0 Å². The molecule has 0 radical (unpaired) electrons. The molecule has 2 heteroatoms. The number of ether oxygens (including phenoxy) is 1. The van der Waals surface area contributed by atoms with Gasteiger partial charge in [-0.2, -0.15) is 0 Å². The largest absolute Gasteiger partial charge is 0.393 e. The fourth-order valence-corrected chi connectivity index (χ4v) is 1.72. The molecule has 76 valence electrons. The maximum Gasteiger partial charge on any atom is 0.0720 e. The molecule has 1 N–H and O–H groups in total. The molecule has 0 saturated heterocycles. The van der Waals surface area contributed by atoms with Crippen molar-refractivity contribution in [1.29, 1.82) is 0 Å². The highest BCUT2D eigenvalue weighted by Crippen LogP contribution is 2.30. The van der Waals surface area contributed by atoms with E-state index in [1.807, 2.05) is 25.1 Å². The van der Waals surface area contributed by atoms with Crippen LogP contribution in [0, 0.1) is 5.92 Å². The molecule has 2 rings (SSSR count). The highest BCUT2D eigenvalue weighted by atomic mass is 16.5. The van der Waals surface area contributed by atoms with Crippen molar-refractivity contribution in [1.82, 2.24) is 0 Å². The van der Waals surface area contributed by atoms with Crippen molar-refractivity contribution >= 4 is 0 Å². The van der Waals surface area contributed by atoms with Crippen molar-refractivity contribution in [2.24, 2.45) is 5.92 Å². The summed E-state index contributed by atoms with van der Waals surface area (Å²) < 4.78 is 5.69. The number of aliphatic hydroxyl groups is 1. The lowest BCUT2D eigenvalue weighted by molar-refractivity contribution is -0.125. The van der Waals surface area contributed by atoms with Gasteiger partial charge < -0.3 is 9.84 Å². The highest BCUT2D eigenvalue weighted by Gasteiger charge is 2.36. The standard InChI is InChI=1S/C12H16O2/c1-9-11(13)7-12(9)14-8-10-5-3-2-4-6-10/h2-6,9,11-13H,7-8H2,1H3/t9?,11-,12?/m0/s1. The Kier molecular flexibility index (Phi) is 2.85. The molecular formula is C12H16O2. The van der Waals surface area contributed by atoms with Crippen LogP contribution in [0.4, 0.5) is 0 Å². The van der Waals surface area contributed by atoms with Gasteiger partial charge >= 0.3 is 0 Å². The van der Waals surface area contributed by atoms with Gasteiger partial charge in [0.25, 0.3) is 0 Å². The second-order valence-electron chi connectivity index (χ2n) is 4.00. The van der Waals surface area contributed by atoms with Crippen molar-refractivity contribution in [3.63, 3.8) is 0 Å². The average molecular weight is 192 g/mol. The quantitative estimate of drug-likeness (QED) is 0.793. The van der Waals surface area contributed by atoms with Crippen molar-refractivity contribution in [2.45, 2.75) is 32.2 Å². The highest BCUT2D eigenvalue weighted by molar-refractivity contribution is 5.13. The fraction of sp³-hybridized carbons (Fsp3) is 0.500. The van der Waals surface area contributed by atoms with Gasteiger partial charge in [-0.05, 0) is 5.56 Å². The molecule has 0 spiro atoms. The van der Waals surface area contributed by atoms with Gasteiger partial charge in [0.2, 0.25) is 0 Å². The summed E-state index contributed by atoms with van der Waals surface area (Å²) in [6.45, 7) is 2.69. The van der Waals surface area contributed by atoms with Crippen LogP contribution in [0.5, 0.6) is 0 Å². The Morgan fingerprint density at radius 1 is 1.36 bits per heavy atom. The SMILES string of the molecule is CC1C(OCc2ccccc2)C[C@@H]1O. The molecule has 1 aliphatic carbocycles. The zero-order valence-corrected chi connectivity index (χ0v) is 8.39. The van der Waals surface area contributed by atoms with E-state index in [0.717, 1.165) is 6.42 Å². The van der Waals surface area contributed by atoms with E-state index < -0.39 is 0 Å². The lowest BCUT2D eigenvalue weighted by atomic mass is 9.80. The fourth-order valence-electron chi connectivity index (χ4n) is 1.72. The third kappa shape index (κ3) is 1.97. The van der Waals surface area contributed by atoms with Gasteiger partial charge in [-0.3, -0.25) is 0 Å². The summed E-state index contributed by atoms with van der Waals surface area (Å²) in [7, 11) is 0. The van der Waals surface area contributed by atoms with E-state index in [9.17, 15) is 5.11 Å². The van der Waals surface area contributed by atoms with Gasteiger partial charge in [-0.25, -0.2) is 0 Å². The first-order chi connectivity index (χ1) is 6.77. The Hall–Kier alpha value is -0.860. The van der Waals surface area contributed by atoms with E-state index in [4.69, 9.17) is 4.74 Å². The van der Waals surface area contributed by atoms with Crippen molar-refractivity contribution in [3.8, 4) is 0 Å². The molecule has 3 atom stereocenters. The summed E-state index contributed by atoms with van der Waals surface area (Å²) in [5, 5.41) is 9.30. The molecule has 1 aromatic carbocycles. The zero-order chi connectivity index (χ0) is 9.97. The van der Waals surface area contributed by atoms with Gasteiger partial charge in [-0.15, -0.1) is 0 Å². The van der Waals surface area contributed by atoms with E-state index in [0.29, 0.717) is 12.5 Å². The van der Waals surface area contributed by atoms with Gasteiger partial charge in [0, 0.05) is 12.3 Å². The van der Waals surface area contributed by atoms with Crippen LogP contribution < -0.4 is 0 Å². The van der Waals surface area contributed by atoms with Crippen LogP contribution in [-0.4, -0.2) is 17.3 Å². The Balaban J connectivity index is 1.79. The number of hydrogen-bond donors (Lipinski definition) is 1. The van der Waals surface area contributed by atoms with Gasteiger partial charge in [0.05, 0.1) is 18.8 Å². The monoisotopic (exact) mass is 192 g/mol. The third-order valence-electron chi connectivity index (χ3n) is 2.97. The molecule has 2 nitrogen and oxygen atoms in total. The summed E-state index contributed by atoms with van der Waals surface area (Å²) in [6.07, 6.45) is 0.870. The normalized spacial score (nSPS) is 31.1. The van der Waals surface area contributed by atoms with E-state index in [2.05, 4.69) is 12.1 Å². The Bertz CT molecular complexity index is 284. The van der Waals surface area contributed by atoms with Crippen LogP contribution in [0.2, 0.25) is 0 Å². The first-order valence-electron chi connectivity index (χ1n) is 5.11. The molecule has 0 amide bonds. The molecule has 1 fully saturated rings. The molecular weight excluding hydrogens is 176 g/mol. The predicted molar refractivity (Wildman–Crippen MR) is 54.8 cm³/mol. The first kappa shape index (κ1) is 9.69. The minimum Gasteiger partial charge on any atom is -0.393 e. The summed E-state index contributed by atoms with van der Waals surface area (Å²) >= 11 is 0. The summed E-state index contributed by atoms with van der Waals surface area (Å²) in [6, 6.07) is 10.1. The van der Waals surface area contributed by atoms with E-state index in [-0.39, 0.29) is 12.2 Å². The minimum absolute atomic E-state index is 0.157. The van der Waals surface area contributed by atoms with Crippen LogP contribution in [0.1, 0.15) is 18.9 Å². The lowest BCUT2D eigenvalue weighted by Crippen LogP contribution is -2.45. The van der Waals surface area contributed by atoms with E-state index in [1.165, 1.54) is 5.56 Å². The van der Waals surface area contributed by atoms with Crippen LogP contribution in [0.15, 0.2) is 30.3 Å². The van der Waals surface area contributed by atoms with E-state index >= 15 is 0 Å². The summed E-state index contributed by atoms with van der Waals surface area (Å²) in [4.78, 5) is 0. The molecule has 1 aliphatic rings. The second-order valence-corrected chi connectivity index (χ2v) is 4.00. The number of aliphatic hydroxyl groups excluding tert-OH is 1. The first-order valence-corrected chi connectivity index (χ1v) is 5.11. The Morgan fingerprint density at radius 3 is 2.64 bits per heavy atom. The predicted octanol–water partition coefficient (Wildman–Crippen LogP) is 1.97. The topological polar surface area (TPSA) is 29.5 Å². The second kappa shape index (κ2) is 4.11. The molecule has 2 unspecified atom stereocenters. The molecule has 0 heterocycles. The maximum absolute atomic E-state index is 9.30. The van der Waals surface area contributed by atoms with Crippen molar-refractivity contribution < 1.29 is 9.84 Å². The van der Waals surface area contributed by atoms with Crippen molar-refractivity contribution in [3.05, 3.63) is 35.9 Å². The summed E-state index contributed by atoms with van der Waals surface area (Å²) in [5.41, 5.74) is 1.20. The summed E-state index contributed by atoms with van der Waals surface area (Å²) in [5.74, 6) is 0.290. The Morgan fingerprint density at radius 2 is 2.07 bits per heavy atom. The number of hydrogen-bond acceptors (Lipinski definition) is 2. The van der Waals surface area contributed by atoms with Crippen molar-refractivity contribution in [2.75, 3.05) is 0 Å². The van der Waals surface area contributed by atoms with Gasteiger partial charge in [-0.1, -0.05) is 37.3 Å². The third-order valence-corrected chi connectivity index (χ3v) is 2.97. The van der Waals surface area contributed by atoms with E-state index in [1.54, 1.807) is 0 Å². The molecule has 1 aromatic rings. The number of benzene rings is 1. The van der Waals surface area contributed by atoms with Crippen LogP contribution in [-0.2, 0) is 11.3 Å². The molecule has 1 saturated carbocycles. The molecule has 0 aromatic heterocycles. The lowest BCUT2D eigenvalue weighted by Gasteiger charge is -2.38. The zero-order valence-electron chi connectivity index (χ0n) is 8.39. The molecule has 0 bridgehead atoms. The van der Waals surface area contributed by atoms with Gasteiger partial charge in [0.15, 0.2) is 0 Å². The smallest absolute Gasteiger partial charge is 0.0720 e. The van der Waals surface area contributed by atoms with Crippen LogP contribution in [0.3, 0.4) is 0 Å². The molecule has 14 heavy (non-hydrogen) atoms.